The summed E-state index contributed by atoms with van der Waals surface area (Å²) in [7, 11) is -0.753. The number of sulfonamides is 1. The molecule has 1 saturated heterocycles. The van der Waals surface area contributed by atoms with Crippen LogP contribution in [0.25, 0.3) is 10.9 Å². The van der Waals surface area contributed by atoms with Gasteiger partial charge in [0.05, 0.1) is 22.5 Å². The fourth-order valence-corrected chi connectivity index (χ4v) is 9.23. The van der Waals surface area contributed by atoms with E-state index in [0.29, 0.717) is 50.0 Å². The van der Waals surface area contributed by atoms with Gasteiger partial charge in [-0.2, -0.15) is 0 Å². The van der Waals surface area contributed by atoms with Gasteiger partial charge in [-0.25, -0.2) is 18.2 Å². The van der Waals surface area contributed by atoms with E-state index in [1.54, 1.807) is 21.0 Å². The number of hydrogen-bond acceptors (Lipinski definition) is 8. The predicted octanol–water partition coefficient (Wildman–Crippen LogP) is 3.24. The van der Waals surface area contributed by atoms with Crippen LogP contribution in [-0.4, -0.2) is 95.6 Å². The molecule has 3 aliphatic heterocycles. The van der Waals surface area contributed by atoms with Crippen molar-refractivity contribution in [2.75, 3.05) is 20.6 Å². The number of fused-ring (bicyclic) bond motifs is 5. The largest absolute Gasteiger partial charge is 0.483 e. The fourth-order valence-electron chi connectivity index (χ4n) is 7.92. The highest BCUT2D eigenvalue weighted by molar-refractivity contribution is 7.91. The standard InChI is InChI=1S/C37H48N6O7S/c1-23-30-26(25-13-10-11-14-27(25)38-23)16-17-36(50-30)21-29-31(44)40-37(33(46)41-51(48,49)35(2)18-19-35)20-24(37)12-8-6-5-7-9-15-28(32(45)43(29)22-36)39-34(47)42(3)4/h8,10-14,24,28-29H,5-7,9,15-22H2,1-4H3,(H,39,47)(H,40,44)(H,41,46)/t24-,28+,29+,36-,37-/m1/s1. The van der Waals surface area contributed by atoms with Crippen LogP contribution in [0.15, 0.2) is 36.4 Å². The van der Waals surface area contributed by atoms with Crippen LogP contribution < -0.4 is 20.1 Å². The van der Waals surface area contributed by atoms with E-state index in [2.05, 4.69) is 15.4 Å². The number of rotatable bonds is 4. The number of carbonyl (C=O) groups excluding carboxylic acids is 4. The molecule has 3 fully saturated rings. The average Bonchev–Trinajstić information content (AvgIpc) is 3.98. The Morgan fingerprint density at radius 1 is 1.08 bits per heavy atom. The van der Waals surface area contributed by atoms with Crippen molar-refractivity contribution in [3.8, 4) is 5.75 Å². The van der Waals surface area contributed by atoms with Crippen LogP contribution in [-0.2, 0) is 30.8 Å². The number of nitrogens with one attached hydrogen (secondary N) is 3. The lowest BCUT2D eigenvalue weighted by molar-refractivity contribution is -0.141. The summed E-state index contributed by atoms with van der Waals surface area (Å²) in [6.45, 7) is 3.59. The first-order valence-corrected chi connectivity index (χ1v) is 19.6. The number of nitrogens with zero attached hydrogens (tertiary/aromatic N) is 3. The second-order valence-corrected chi connectivity index (χ2v) is 17.8. The zero-order valence-corrected chi connectivity index (χ0v) is 30.6. The molecule has 13 nitrogen and oxygen atoms in total. The zero-order chi connectivity index (χ0) is 36.3. The second kappa shape index (κ2) is 12.8. The first kappa shape index (κ1) is 35.2. The normalized spacial score (nSPS) is 30.1. The molecule has 5 atom stereocenters. The molecule has 14 heteroatoms. The Labute approximate surface area is 299 Å². The molecule has 1 spiro atoms. The van der Waals surface area contributed by atoms with Crippen LogP contribution in [0.3, 0.4) is 0 Å². The number of benzene rings is 1. The molecule has 2 aliphatic carbocycles. The Balaban J connectivity index is 1.24. The number of aromatic nitrogens is 1. The summed E-state index contributed by atoms with van der Waals surface area (Å²) in [6.07, 6.45) is 9.79. The second-order valence-electron chi connectivity index (χ2n) is 15.6. The number of aryl methyl sites for hydroxylation is 2. The van der Waals surface area contributed by atoms with Crippen molar-refractivity contribution >= 4 is 44.7 Å². The van der Waals surface area contributed by atoms with Crippen LogP contribution in [0.1, 0.15) is 82.4 Å². The van der Waals surface area contributed by atoms with Crippen molar-refractivity contribution < 1.29 is 32.3 Å². The van der Waals surface area contributed by atoms with Gasteiger partial charge in [0, 0.05) is 37.4 Å². The number of ether oxygens (including phenoxy) is 1. The molecule has 2 aromatic rings. The number of carbonyl (C=O) groups is 4. The van der Waals surface area contributed by atoms with E-state index in [4.69, 9.17) is 9.72 Å². The van der Waals surface area contributed by atoms with E-state index in [1.165, 1.54) is 9.80 Å². The van der Waals surface area contributed by atoms with Crippen LogP contribution in [0.5, 0.6) is 5.75 Å². The van der Waals surface area contributed by atoms with Gasteiger partial charge in [0.1, 0.15) is 29.0 Å². The zero-order valence-electron chi connectivity index (χ0n) is 29.8. The Morgan fingerprint density at radius 2 is 1.84 bits per heavy atom. The van der Waals surface area contributed by atoms with Crippen LogP contribution >= 0.6 is 0 Å². The minimum Gasteiger partial charge on any atom is -0.483 e. The van der Waals surface area contributed by atoms with Crippen molar-refractivity contribution in [2.24, 2.45) is 5.92 Å². The summed E-state index contributed by atoms with van der Waals surface area (Å²) < 4.78 is 34.4. The Hall–Kier alpha value is -4.20. The highest BCUT2D eigenvalue weighted by atomic mass is 32.2. The minimum atomic E-state index is -3.96. The number of allylic oxidation sites excluding steroid dienone is 1. The van der Waals surface area contributed by atoms with E-state index in [-0.39, 0.29) is 19.4 Å². The Morgan fingerprint density at radius 3 is 2.59 bits per heavy atom. The van der Waals surface area contributed by atoms with Gasteiger partial charge in [0.2, 0.25) is 21.8 Å². The molecule has 51 heavy (non-hydrogen) atoms. The fraction of sp³-hybridized carbons (Fsp3) is 0.595. The summed E-state index contributed by atoms with van der Waals surface area (Å²) in [5.41, 5.74) is 0.218. The number of hydrogen-bond donors (Lipinski definition) is 3. The van der Waals surface area contributed by atoms with E-state index in [9.17, 15) is 27.6 Å². The Kier molecular flexibility index (Phi) is 8.83. The van der Waals surface area contributed by atoms with Crippen LogP contribution in [0, 0.1) is 12.8 Å². The maximum atomic E-state index is 14.6. The van der Waals surface area contributed by atoms with E-state index in [0.717, 1.165) is 35.7 Å². The highest BCUT2D eigenvalue weighted by Crippen LogP contribution is 2.49. The van der Waals surface area contributed by atoms with Gasteiger partial charge in [-0.1, -0.05) is 43.2 Å². The molecule has 0 radical (unpaired) electrons. The van der Waals surface area contributed by atoms with Crippen LogP contribution in [0.2, 0.25) is 0 Å². The smallest absolute Gasteiger partial charge is 0.317 e. The van der Waals surface area contributed by atoms with Gasteiger partial charge in [-0.15, -0.1) is 0 Å². The third-order valence-corrected chi connectivity index (χ3v) is 13.7. The summed E-state index contributed by atoms with van der Waals surface area (Å²) in [5, 5.41) is 6.83. The molecule has 5 amide bonds. The monoisotopic (exact) mass is 720 g/mol. The molecule has 3 N–H and O–H groups in total. The summed E-state index contributed by atoms with van der Waals surface area (Å²) in [6, 6.07) is 5.55. The molecule has 1 aromatic heterocycles. The molecule has 0 bridgehead atoms. The lowest BCUT2D eigenvalue weighted by Crippen LogP contribution is -2.59. The molecule has 5 aliphatic rings. The molecule has 274 valence electrons. The van der Waals surface area contributed by atoms with Crippen molar-refractivity contribution in [1.82, 2.24) is 30.1 Å². The Bertz CT molecular complexity index is 1930. The van der Waals surface area contributed by atoms with Crippen molar-refractivity contribution in [3.05, 3.63) is 47.7 Å². The third kappa shape index (κ3) is 6.44. The molecular formula is C37H48N6O7S. The maximum absolute atomic E-state index is 14.6. The van der Waals surface area contributed by atoms with E-state index >= 15 is 0 Å². The topological polar surface area (TPSA) is 167 Å². The first-order valence-electron chi connectivity index (χ1n) is 18.1. The summed E-state index contributed by atoms with van der Waals surface area (Å²) in [5.74, 6) is -1.47. The molecule has 4 heterocycles. The number of para-hydroxylation sites is 1. The minimum absolute atomic E-state index is 0.0965. The van der Waals surface area contributed by atoms with E-state index in [1.807, 2.05) is 43.3 Å². The number of urea groups is 1. The van der Waals surface area contributed by atoms with Gasteiger partial charge in [-0.3, -0.25) is 19.1 Å². The quantitative estimate of drug-likeness (QED) is 0.405. The molecule has 2 saturated carbocycles. The van der Waals surface area contributed by atoms with Crippen LogP contribution in [0.4, 0.5) is 4.79 Å². The summed E-state index contributed by atoms with van der Waals surface area (Å²) >= 11 is 0. The number of pyridine rings is 1. The first-order chi connectivity index (χ1) is 24.2. The average molecular weight is 721 g/mol. The lowest BCUT2D eigenvalue weighted by atomic mass is 9.87. The van der Waals surface area contributed by atoms with Crippen molar-refractivity contribution in [2.45, 2.75) is 112 Å². The highest BCUT2D eigenvalue weighted by Gasteiger charge is 2.64. The third-order valence-electron chi connectivity index (χ3n) is 11.6. The molecular weight excluding hydrogens is 673 g/mol. The van der Waals surface area contributed by atoms with Gasteiger partial charge < -0.3 is 25.2 Å². The summed E-state index contributed by atoms with van der Waals surface area (Å²) in [4.78, 5) is 63.5. The number of amides is 5. The van der Waals surface area contributed by atoms with Gasteiger partial charge in [0.15, 0.2) is 0 Å². The van der Waals surface area contributed by atoms with Gasteiger partial charge in [0.25, 0.3) is 5.91 Å². The van der Waals surface area contributed by atoms with Gasteiger partial charge in [-0.05, 0) is 71.3 Å². The van der Waals surface area contributed by atoms with Crippen molar-refractivity contribution in [3.63, 3.8) is 0 Å². The SMILES string of the molecule is Cc1nc2ccccc2c2c1O[C@]1(CC2)C[C@H]2C(=O)N[C@]3(C(=O)NS(=O)(=O)C4(C)CC4)C[C@H]3C=CCCCCC[C@H](NC(=O)N(C)C)C(=O)N2C1. The van der Waals surface area contributed by atoms with Crippen molar-refractivity contribution in [1.29, 1.82) is 0 Å². The maximum Gasteiger partial charge on any atom is 0.317 e. The lowest BCUT2D eigenvalue weighted by Gasteiger charge is -2.36. The van der Waals surface area contributed by atoms with E-state index < -0.39 is 67.7 Å². The molecule has 7 rings (SSSR count). The molecule has 1 aromatic carbocycles. The predicted molar refractivity (Wildman–Crippen MR) is 190 cm³/mol. The molecule has 0 unspecified atom stereocenters. The van der Waals surface area contributed by atoms with Gasteiger partial charge >= 0.3 is 6.03 Å².